The first-order chi connectivity index (χ1) is 54.4. The zero-order valence-corrected chi connectivity index (χ0v) is 59.6. The first kappa shape index (κ1) is 62.2. The maximum atomic E-state index is 14.9. The molecule has 0 fully saturated rings. The fourth-order valence-electron chi connectivity index (χ4n) is 20.5. The van der Waals surface area contributed by atoms with E-state index in [1.54, 1.807) is 0 Å². The fraction of sp³-hybridized carbons (Fsp3) is 0.0588. The molecule has 0 bridgehead atoms. The number of nitrogens with zero attached hydrogens (tertiary/aromatic N) is 3. The number of allylic oxidation sites excluding steroid dienone is 2. The zero-order chi connectivity index (χ0) is 72.6. The molecule has 0 saturated heterocycles. The number of fused-ring (bicyclic) bond motifs is 26. The van der Waals surface area contributed by atoms with Crippen LogP contribution in [0.1, 0.15) is 88.2 Å². The number of ketones is 1. The van der Waals surface area contributed by atoms with Gasteiger partial charge in [-0.05, 0) is 213 Å². The van der Waals surface area contributed by atoms with Crippen molar-refractivity contribution in [3.05, 3.63) is 464 Å². The van der Waals surface area contributed by atoms with E-state index in [2.05, 4.69) is 335 Å². The molecule has 6 heterocycles. The molecule has 8 heteroatoms. The maximum absolute atomic E-state index is 14.9. The van der Waals surface area contributed by atoms with Gasteiger partial charge in [0.15, 0.2) is 11.2 Å². The van der Waals surface area contributed by atoms with E-state index in [1.807, 2.05) is 54.6 Å². The SMILES string of the molecule is O=C(c1ccc(N2c3ccccc3C3(c4ccccc4Oc4cc(-c5cccc6c5Cc5ccccc5C65c6ccccc6N(c6ccc7c(=O)c8ccccc8[nH]c7c6)c6ccccc65)ccc43)c3ccccc32)cc1)c1ccc(N2c3ccccc3C3(c4ccccc4OC4C=CC=CC43)c3ccccc32)cc1. The largest absolute Gasteiger partial charge is 0.485 e. The van der Waals surface area contributed by atoms with Gasteiger partial charge in [0.1, 0.15) is 23.4 Å². The Hall–Kier alpha value is -14.1. The minimum absolute atomic E-state index is 0.00888. The van der Waals surface area contributed by atoms with E-state index in [4.69, 9.17) is 9.47 Å². The highest BCUT2D eigenvalue weighted by molar-refractivity contribution is 6.10. The van der Waals surface area contributed by atoms with Crippen molar-refractivity contribution in [2.75, 3.05) is 14.7 Å². The van der Waals surface area contributed by atoms with Gasteiger partial charge in [0.25, 0.3) is 0 Å². The molecular formula is C102H66N4O4. The molecule has 0 amide bonds. The predicted molar refractivity (Wildman–Crippen MR) is 441 cm³/mol. The Bertz CT molecular complexity index is 6620. The molecule has 23 rings (SSSR count). The number of H-pyrrole nitrogens is 1. The zero-order valence-electron chi connectivity index (χ0n) is 59.6. The summed E-state index contributed by atoms with van der Waals surface area (Å²) in [6.07, 6.45) is 9.37. The monoisotopic (exact) mass is 1410 g/mol. The van der Waals surface area contributed by atoms with Gasteiger partial charge in [0.2, 0.25) is 0 Å². The average Bonchev–Trinajstić information content (AvgIpc) is 0.690. The first-order valence-electron chi connectivity index (χ1n) is 37.9. The van der Waals surface area contributed by atoms with Crippen LogP contribution in [0.4, 0.5) is 51.2 Å². The third-order valence-electron chi connectivity index (χ3n) is 24.8. The number of anilines is 9. The van der Waals surface area contributed by atoms with Crippen molar-refractivity contribution >= 4 is 78.8 Å². The highest BCUT2D eigenvalue weighted by Gasteiger charge is 2.57. The van der Waals surface area contributed by atoms with Crippen molar-refractivity contribution in [3.63, 3.8) is 0 Å². The van der Waals surface area contributed by atoms with Crippen LogP contribution in [-0.2, 0) is 22.7 Å². The summed E-state index contributed by atoms with van der Waals surface area (Å²) in [5, 5.41) is 1.33. The number of hydrogen-bond acceptors (Lipinski definition) is 7. The van der Waals surface area contributed by atoms with Gasteiger partial charge >= 0.3 is 0 Å². The summed E-state index contributed by atoms with van der Waals surface area (Å²) in [4.78, 5) is 39.7. The van der Waals surface area contributed by atoms with Gasteiger partial charge in [-0.1, -0.05) is 231 Å². The lowest BCUT2D eigenvalue weighted by Crippen LogP contribution is -2.51. The van der Waals surface area contributed by atoms with E-state index >= 15 is 0 Å². The Morgan fingerprint density at radius 3 is 1.43 bits per heavy atom. The maximum Gasteiger partial charge on any atom is 0.197 e. The van der Waals surface area contributed by atoms with Crippen LogP contribution in [0.5, 0.6) is 17.2 Å². The topological polar surface area (TPSA) is 78.1 Å². The molecule has 0 saturated carbocycles. The summed E-state index contributed by atoms with van der Waals surface area (Å²) in [6, 6.07) is 123. The van der Waals surface area contributed by atoms with Gasteiger partial charge in [-0.2, -0.15) is 0 Å². The van der Waals surface area contributed by atoms with Crippen molar-refractivity contribution in [1.82, 2.24) is 4.98 Å². The molecule has 0 radical (unpaired) electrons. The quantitative estimate of drug-likeness (QED) is 0.131. The van der Waals surface area contributed by atoms with Gasteiger partial charge in [0, 0.05) is 67.1 Å². The number of benzene rings is 15. The lowest BCUT2D eigenvalue weighted by atomic mass is 9.56. The van der Waals surface area contributed by atoms with Crippen LogP contribution in [0.2, 0.25) is 0 Å². The van der Waals surface area contributed by atoms with Crippen molar-refractivity contribution in [1.29, 1.82) is 0 Å². The van der Waals surface area contributed by atoms with Gasteiger partial charge in [-0.15, -0.1) is 0 Å². The van der Waals surface area contributed by atoms with E-state index < -0.39 is 16.2 Å². The summed E-state index contributed by atoms with van der Waals surface area (Å²) < 4.78 is 14.1. The number of para-hydroxylation sites is 9. The molecule has 8 nitrogen and oxygen atoms in total. The van der Waals surface area contributed by atoms with Gasteiger partial charge < -0.3 is 29.2 Å². The summed E-state index contributed by atoms with van der Waals surface area (Å²) >= 11 is 0. The summed E-state index contributed by atoms with van der Waals surface area (Å²) in [6.45, 7) is 0. The molecule has 2 aliphatic carbocycles. The minimum atomic E-state index is -0.813. The van der Waals surface area contributed by atoms with Crippen LogP contribution in [0.25, 0.3) is 32.9 Å². The number of hydrogen-bond donors (Lipinski definition) is 1. The number of pyridine rings is 1. The van der Waals surface area contributed by atoms with Crippen LogP contribution in [0, 0.1) is 5.92 Å². The second-order valence-corrected chi connectivity index (χ2v) is 29.9. The third-order valence-corrected chi connectivity index (χ3v) is 24.8. The number of carbonyl (C=O) groups excluding carboxylic acids is 1. The Balaban J connectivity index is 0.603. The van der Waals surface area contributed by atoms with Crippen LogP contribution in [-0.4, -0.2) is 16.9 Å². The summed E-state index contributed by atoms with van der Waals surface area (Å²) in [5.74, 6) is 2.44. The highest BCUT2D eigenvalue weighted by atomic mass is 16.5. The molecule has 2 atom stereocenters. The fourth-order valence-corrected chi connectivity index (χ4v) is 20.5. The molecule has 7 aliphatic rings. The van der Waals surface area contributed by atoms with E-state index in [-0.39, 0.29) is 23.2 Å². The number of rotatable bonds is 6. The van der Waals surface area contributed by atoms with Crippen molar-refractivity contribution in [2.45, 2.75) is 28.8 Å². The van der Waals surface area contributed by atoms with Gasteiger partial charge in [0.05, 0.1) is 55.9 Å². The number of aromatic nitrogens is 1. The Morgan fingerprint density at radius 2 is 0.809 bits per heavy atom. The second kappa shape index (κ2) is 23.5. The standard InChI is InChI=1S/C102H66N4O4/c107-98(63-48-53-67(54-49-63)104-88-39-14-6-30-78(88)101(79-31-7-15-40-89(79)104)82-34-10-20-45-94(82)109-95-46-21-11-35-83(95)101)64-50-55-68(56-51-64)105-90-41-16-8-32-80(90)102(81-33-9-17-42-91(81)105)84-36-12-22-47-96(84)110-97-61-65(52-59-85(97)102)70-26-23-37-75-73(70)60-66-24-1-3-27-74(66)100(75)76-28-4-18-43-92(76)106(93-44-19-5-29-77(93)100)69-57-58-72-87(62-69)103-86-38-13-2-25-71(86)99(72)108/h1-59,61-62,82,94H,60H2,(H,103,108). The Labute approximate surface area is 635 Å². The Morgan fingerprint density at radius 1 is 0.355 bits per heavy atom. The normalized spacial score (nSPS) is 16.6. The van der Waals surface area contributed by atoms with Gasteiger partial charge in [-0.25, -0.2) is 0 Å². The molecule has 2 unspecified atom stereocenters. The van der Waals surface area contributed by atoms with E-state index in [9.17, 15) is 9.59 Å². The highest BCUT2D eigenvalue weighted by Crippen LogP contribution is 2.67. The molecule has 110 heavy (non-hydrogen) atoms. The minimum Gasteiger partial charge on any atom is -0.485 e. The van der Waals surface area contributed by atoms with Crippen molar-refractivity contribution < 1.29 is 14.3 Å². The summed E-state index contributed by atoms with van der Waals surface area (Å²) in [5.41, 5.74) is 27.5. The molecule has 3 spiro atoms. The lowest BCUT2D eigenvalue weighted by molar-refractivity contribution is 0.103. The first-order valence-corrected chi connectivity index (χ1v) is 37.9. The number of ether oxygens (including phenoxy) is 2. The summed E-state index contributed by atoms with van der Waals surface area (Å²) in [7, 11) is 0. The average molecular weight is 1410 g/mol. The number of aromatic amines is 1. The molecule has 1 N–H and O–H groups in total. The molecule has 5 aliphatic heterocycles. The molecule has 16 aromatic rings. The molecular weight excluding hydrogens is 1350 g/mol. The molecule has 15 aromatic carbocycles. The number of carbonyl (C=O) groups is 1. The van der Waals surface area contributed by atoms with Crippen LogP contribution in [0.15, 0.2) is 375 Å². The van der Waals surface area contributed by atoms with Crippen LogP contribution >= 0.6 is 0 Å². The van der Waals surface area contributed by atoms with Gasteiger partial charge in [-0.3, -0.25) is 9.59 Å². The van der Waals surface area contributed by atoms with Crippen LogP contribution < -0.4 is 29.6 Å². The second-order valence-electron chi connectivity index (χ2n) is 29.9. The number of nitrogens with one attached hydrogen (secondary N) is 1. The van der Waals surface area contributed by atoms with Crippen LogP contribution in [0.3, 0.4) is 0 Å². The Kier molecular flexibility index (Phi) is 13.3. The predicted octanol–water partition coefficient (Wildman–Crippen LogP) is 23.5. The van der Waals surface area contributed by atoms with E-state index in [1.165, 1.54) is 44.5 Å². The van der Waals surface area contributed by atoms with Crippen molar-refractivity contribution in [3.8, 4) is 28.4 Å². The molecule has 518 valence electrons. The van der Waals surface area contributed by atoms with E-state index in [0.717, 1.165) is 125 Å². The lowest BCUT2D eigenvalue weighted by Gasteiger charge is -2.53. The van der Waals surface area contributed by atoms with Crippen molar-refractivity contribution in [2.24, 2.45) is 5.92 Å². The smallest absolute Gasteiger partial charge is 0.197 e. The molecule has 1 aromatic heterocycles. The third kappa shape index (κ3) is 8.39. The van der Waals surface area contributed by atoms with E-state index in [0.29, 0.717) is 21.9 Å².